The number of nitrogens with one attached hydrogen (secondary N) is 1. The van der Waals surface area contributed by atoms with E-state index in [0.29, 0.717) is 36.2 Å². The van der Waals surface area contributed by atoms with E-state index in [0.717, 1.165) is 29.9 Å². The Morgan fingerprint density at radius 3 is 2.85 bits per heavy atom. The second-order valence-electron chi connectivity index (χ2n) is 6.93. The highest BCUT2D eigenvalue weighted by atomic mass is 16.7. The summed E-state index contributed by atoms with van der Waals surface area (Å²) in [5.74, 6) is 2.28. The van der Waals surface area contributed by atoms with Gasteiger partial charge in [-0.25, -0.2) is 9.97 Å². The fourth-order valence-corrected chi connectivity index (χ4v) is 3.49. The molecule has 0 atom stereocenters. The molecule has 26 heavy (non-hydrogen) atoms. The van der Waals surface area contributed by atoms with E-state index in [1.807, 2.05) is 4.90 Å². The van der Waals surface area contributed by atoms with E-state index in [1.54, 1.807) is 24.5 Å². The molecule has 0 unspecified atom stereocenters. The maximum Gasteiger partial charge on any atom is 0.254 e. The average Bonchev–Trinajstić information content (AvgIpc) is 3.40. The molecule has 1 fully saturated rings. The number of hydrogen-bond donors (Lipinski definition) is 1. The van der Waals surface area contributed by atoms with Crippen LogP contribution < -0.4 is 14.8 Å². The summed E-state index contributed by atoms with van der Waals surface area (Å²) in [4.78, 5) is 23.7. The Balaban J connectivity index is 1.35. The molecule has 0 bridgehead atoms. The summed E-state index contributed by atoms with van der Waals surface area (Å²) in [6.45, 7) is 1.52. The number of rotatable bonds is 3. The Kier molecular flexibility index (Phi) is 3.65. The van der Waals surface area contributed by atoms with Gasteiger partial charge in [0, 0.05) is 36.7 Å². The van der Waals surface area contributed by atoms with Gasteiger partial charge in [0.15, 0.2) is 11.5 Å². The smallest absolute Gasteiger partial charge is 0.254 e. The van der Waals surface area contributed by atoms with Crippen LogP contribution in [-0.2, 0) is 12.8 Å². The molecule has 1 aromatic carbocycles. The van der Waals surface area contributed by atoms with Gasteiger partial charge < -0.3 is 19.7 Å². The number of benzene rings is 1. The summed E-state index contributed by atoms with van der Waals surface area (Å²) >= 11 is 0. The number of carbonyl (C=O) groups excluding carboxylic acids is 1. The lowest BCUT2D eigenvalue weighted by atomic mass is 10.1. The number of fused-ring (bicyclic) bond motifs is 2. The summed E-state index contributed by atoms with van der Waals surface area (Å²) in [7, 11) is 0. The third kappa shape index (κ3) is 2.83. The number of aromatic nitrogens is 2. The highest BCUT2D eigenvalue weighted by Gasteiger charge is 2.27. The van der Waals surface area contributed by atoms with E-state index in [4.69, 9.17) is 9.47 Å². The first-order valence-electron chi connectivity index (χ1n) is 9.06. The van der Waals surface area contributed by atoms with Gasteiger partial charge in [0.05, 0.1) is 5.69 Å². The minimum absolute atomic E-state index is 0.0146. The molecule has 1 amide bonds. The molecule has 3 aliphatic rings. The Morgan fingerprint density at radius 2 is 1.96 bits per heavy atom. The summed E-state index contributed by atoms with van der Waals surface area (Å²) in [6, 6.07) is 5.91. The first-order valence-corrected chi connectivity index (χ1v) is 9.06. The monoisotopic (exact) mass is 352 g/mol. The van der Waals surface area contributed by atoms with E-state index in [1.165, 1.54) is 12.8 Å². The van der Waals surface area contributed by atoms with Gasteiger partial charge in [-0.3, -0.25) is 4.79 Å². The van der Waals surface area contributed by atoms with Crippen molar-refractivity contribution < 1.29 is 14.3 Å². The van der Waals surface area contributed by atoms with Crippen molar-refractivity contribution in [3.05, 3.63) is 41.3 Å². The molecular weight excluding hydrogens is 332 g/mol. The van der Waals surface area contributed by atoms with Gasteiger partial charge in [-0.05, 0) is 37.5 Å². The lowest BCUT2D eigenvalue weighted by Gasteiger charge is -2.20. The second kappa shape index (κ2) is 6.16. The third-order valence-corrected chi connectivity index (χ3v) is 5.11. The summed E-state index contributed by atoms with van der Waals surface area (Å²) in [5.41, 5.74) is 2.83. The number of ether oxygens (including phenoxy) is 2. The zero-order valence-corrected chi connectivity index (χ0v) is 14.4. The van der Waals surface area contributed by atoms with E-state index in [-0.39, 0.29) is 12.7 Å². The molecule has 134 valence electrons. The molecule has 1 N–H and O–H groups in total. The van der Waals surface area contributed by atoms with Crippen LogP contribution in [0.25, 0.3) is 0 Å². The number of anilines is 1. The van der Waals surface area contributed by atoms with Crippen LogP contribution >= 0.6 is 0 Å². The van der Waals surface area contributed by atoms with Crippen LogP contribution in [0.3, 0.4) is 0 Å². The van der Waals surface area contributed by atoms with E-state index in [2.05, 4.69) is 15.3 Å². The molecule has 1 aliphatic carbocycles. The number of nitrogens with zero attached hydrogens (tertiary/aromatic N) is 3. The van der Waals surface area contributed by atoms with Crippen LogP contribution in [-0.4, -0.2) is 46.7 Å². The van der Waals surface area contributed by atoms with Crippen LogP contribution in [0.2, 0.25) is 0 Å². The Hall–Kier alpha value is -2.83. The molecule has 7 heteroatoms. The molecule has 0 saturated heterocycles. The van der Waals surface area contributed by atoms with Crippen molar-refractivity contribution in [2.45, 2.75) is 31.7 Å². The lowest BCUT2D eigenvalue weighted by Crippen LogP contribution is -2.33. The molecule has 3 heterocycles. The molecule has 1 saturated carbocycles. The molecule has 0 spiro atoms. The Labute approximate surface area is 151 Å². The van der Waals surface area contributed by atoms with Gasteiger partial charge >= 0.3 is 0 Å². The maximum atomic E-state index is 13.0. The van der Waals surface area contributed by atoms with Gasteiger partial charge in [0.2, 0.25) is 6.79 Å². The topological polar surface area (TPSA) is 76.6 Å². The quantitative estimate of drug-likeness (QED) is 0.911. The fourth-order valence-electron chi connectivity index (χ4n) is 3.49. The van der Waals surface area contributed by atoms with Crippen molar-refractivity contribution in [2.24, 2.45) is 0 Å². The van der Waals surface area contributed by atoms with E-state index >= 15 is 0 Å². The normalized spacial score (nSPS) is 18.2. The van der Waals surface area contributed by atoms with Gasteiger partial charge in [-0.15, -0.1) is 0 Å². The predicted octanol–water partition coefficient (Wildman–Crippen LogP) is 2.02. The number of carbonyl (C=O) groups is 1. The molecule has 5 rings (SSSR count). The van der Waals surface area contributed by atoms with Gasteiger partial charge in [0.1, 0.15) is 12.1 Å². The van der Waals surface area contributed by atoms with Crippen LogP contribution in [0.4, 0.5) is 5.82 Å². The van der Waals surface area contributed by atoms with Crippen molar-refractivity contribution in [1.29, 1.82) is 0 Å². The second-order valence-corrected chi connectivity index (χ2v) is 6.93. The van der Waals surface area contributed by atoms with Gasteiger partial charge in [-0.2, -0.15) is 0 Å². The molecule has 2 aliphatic heterocycles. The van der Waals surface area contributed by atoms with Crippen molar-refractivity contribution in [3.63, 3.8) is 0 Å². The first-order chi connectivity index (χ1) is 12.8. The Morgan fingerprint density at radius 1 is 1.12 bits per heavy atom. The molecular formula is C19H20N4O3. The molecule has 2 aromatic rings. The van der Waals surface area contributed by atoms with Crippen LogP contribution in [0, 0.1) is 0 Å². The highest BCUT2D eigenvalue weighted by molar-refractivity contribution is 5.95. The molecule has 7 nitrogen and oxygen atoms in total. The number of amides is 1. The van der Waals surface area contributed by atoms with Crippen LogP contribution in [0.15, 0.2) is 24.5 Å². The maximum absolute atomic E-state index is 13.0. The SMILES string of the molecule is O=C(c1ccc2c(c1)OCO2)N1CCc2ncnc(NC3CC3)c2CC1. The van der Waals surface area contributed by atoms with E-state index in [9.17, 15) is 4.79 Å². The molecule has 1 aromatic heterocycles. The zero-order chi connectivity index (χ0) is 17.5. The minimum Gasteiger partial charge on any atom is -0.454 e. The van der Waals surface area contributed by atoms with E-state index < -0.39 is 0 Å². The lowest BCUT2D eigenvalue weighted by molar-refractivity contribution is 0.0762. The standard InChI is InChI=1S/C19H20N4O3/c24-19(12-1-4-16-17(9-12)26-11-25-16)23-7-5-14-15(6-8-23)20-10-21-18(14)22-13-2-3-13/h1,4,9-10,13H,2-3,5-8,11H2,(H,20,21,22). The van der Waals surface area contributed by atoms with Crippen molar-refractivity contribution in [3.8, 4) is 11.5 Å². The largest absolute Gasteiger partial charge is 0.454 e. The molecule has 0 radical (unpaired) electrons. The van der Waals surface area contributed by atoms with Crippen molar-refractivity contribution in [1.82, 2.24) is 14.9 Å². The van der Waals surface area contributed by atoms with Crippen LogP contribution in [0.1, 0.15) is 34.5 Å². The van der Waals surface area contributed by atoms with Gasteiger partial charge in [-0.1, -0.05) is 0 Å². The third-order valence-electron chi connectivity index (χ3n) is 5.11. The summed E-state index contributed by atoms with van der Waals surface area (Å²) in [6.07, 6.45) is 5.54. The van der Waals surface area contributed by atoms with Crippen molar-refractivity contribution >= 4 is 11.7 Å². The summed E-state index contributed by atoms with van der Waals surface area (Å²) in [5, 5.41) is 3.49. The van der Waals surface area contributed by atoms with Crippen LogP contribution in [0.5, 0.6) is 11.5 Å². The fraction of sp³-hybridized carbons (Fsp3) is 0.421. The predicted molar refractivity (Wildman–Crippen MR) is 94.6 cm³/mol. The number of hydrogen-bond acceptors (Lipinski definition) is 6. The first kappa shape index (κ1) is 15.4. The van der Waals surface area contributed by atoms with Crippen molar-refractivity contribution in [2.75, 3.05) is 25.2 Å². The highest BCUT2D eigenvalue weighted by Crippen LogP contribution is 2.33. The summed E-state index contributed by atoms with van der Waals surface area (Å²) < 4.78 is 10.7. The zero-order valence-electron chi connectivity index (χ0n) is 14.4. The average molecular weight is 352 g/mol. The van der Waals surface area contributed by atoms with Gasteiger partial charge in [0.25, 0.3) is 5.91 Å². The minimum atomic E-state index is 0.0146. The Bertz CT molecular complexity index is 866.